The molecule has 0 fully saturated rings. The van der Waals surface area contributed by atoms with Crippen LogP contribution in [0, 0.1) is 6.92 Å². The van der Waals surface area contributed by atoms with Crippen molar-refractivity contribution >= 4 is 39.5 Å². The van der Waals surface area contributed by atoms with E-state index >= 15 is 0 Å². The smallest absolute Gasteiger partial charge is 0.413 e. The molecule has 0 aromatic heterocycles. The first-order valence-electron chi connectivity index (χ1n) is 6.89. The van der Waals surface area contributed by atoms with Crippen LogP contribution in [0.4, 0.5) is 10.5 Å². The minimum atomic E-state index is -0.829. The van der Waals surface area contributed by atoms with Crippen molar-refractivity contribution in [3.8, 4) is 0 Å². The maximum absolute atomic E-state index is 12.1. The number of ether oxygens (including phenoxy) is 1. The molecule has 8 heteroatoms. The van der Waals surface area contributed by atoms with E-state index in [1.54, 1.807) is 20.0 Å². The van der Waals surface area contributed by atoms with Gasteiger partial charge in [-0.1, -0.05) is 15.9 Å². The van der Waals surface area contributed by atoms with Gasteiger partial charge in [0.05, 0.1) is 19.7 Å². The number of carbonyl (C=O) groups excluding carboxylic acids is 3. The van der Waals surface area contributed by atoms with Crippen LogP contribution in [-0.2, 0) is 14.3 Å². The summed E-state index contributed by atoms with van der Waals surface area (Å²) < 4.78 is 5.29. The summed E-state index contributed by atoms with van der Waals surface area (Å²) in [4.78, 5) is 36.4. The van der Waals surface area contributed by atoms with Gasteiger partial charge in [-0.2, -0.15) is 0 Å². The van der Waals surface area contributed by atoms with Gasteiger partial charge in [0.1, 0.15) is 0 Å². The largest absolute Gasteiger partial charge is 0.453 e. The number of alkyl carbamates (subject to hydrolysis) is 1. The Kier molecular flexibility index (Phi) is 7.18. The molecule has 1 aromatic rings. The molecule has 0 saturated heterocycles. The van der Waals surface area contributed by atoms with Gasteiger partial charge < -0.3 is 10.1 Å². The van der Waals surface area contributed by atoms with E-state index in [2.05, 4.69) is 31.3 Å². The lowest BCUT2D eigenvalue weighted by molar-refractivity contribution is -0.125. The topological polar surface area (TPSA) is 87.7 Å². The molecule has 0 bridgehead atoms. The van der Waals surface area contributed by atoms with Gasteiger partial charge in [0, 0.05) is 10.2 Å². The van der Waals surface area contributed by atoms with Gasteiger partial charge in [0.2, 0.25) is 11.8 Å². The number of imide groups is 1. The zero-order valence-electron chi connectivity index (χ0n) is 13.5. The molecule has 3 amide bonds. The van der Waals surface area contributed by atoms with Crippen LogP contribution in [0.1, 0.15) is 12.5 Å². The molecule has 126 valence electrons. The predicted molar refractivity (Wildman–Crippen MR) is 90.1 cm³/mol. The minimum absolute atomic E-state index is 0.00522. The fourth-order valence-electron chi connectivity index (χ4n) is 1.78. The lowest BCUT2D eigenvalue weighted by Crippen LogP contribution is -2.47. The Hall–Kier alpha value is -1.93. The molecule has 1 rings (SSSR count). The molecule has 0 radical (unpaired) electrons. The molecule has 0 aliphatic rings. The predicted octanol–water partition coefficient (Wildman–Crippen LogP) is 1.90. The van der Waals surface area contributed by atoms with Crippen LogP contribution < -0.4 is 10.6 Å². The first-order chi connectivity index (χ1) is 10.7. The van der Waals surface area contributed by atoms with Gasteiger partial charge >= 0.3 is 6.09 Å². The number of aryl methyl sites for hydroxylation is 1. The van der Waals surface area contributed by atoms with Crippen LogP contribution >= 0.6 is 15.9 Å². The van der Waals surface area contributed by atoms with E-state index in [0.29, 0.717) is 5.69 Å². The molecule has 1 aromatic carbocycles. The highest BCUT2D eigenvalue weighted by Gasteiger charge is 2.22. The van der Waals surface area contributed by atoms with Crippen LogP contribution in [0.5, 0.6) is 0 Å². The number of amides is 3. The standard InChI is InChI=1S/C15H20BrN3O4/c1-9-7-11(16)5-6-12(9)17-13(20)8-19(3)10(2)14(21)18-15(22)23-4/h5-7,10H,8H2,1-4H3,(H,17,20)(H,18,21,22)/t10-/m0/s1. The zero-order chi connectivity index (χ0) is 17.6. The molecule has 23 heavy (non-hydrogen) atoms. The maximum atomic E-state index is 12.1. The number of anilines is 1. The number of halogens is 1. The van der Waals surface area contributed by atoms with E-state index in [9.17, 15) is 14.4 Å². The van der Waals surface area contributed by atoms with Crippen molar-refractivity contribution in [2.75, 3.05) is 26.0 Å². The SMILES string of the molecule is COC(=O)NC(=O)[C@H](C)N(C)CC(=O)Nc1ccc(Br)cc1C. The third-order valence-electron chi connectivity index (χ3n) is 3.31. The molecule has 0 heterocycles. The monoisotopic (exact) mass is 385 g/mol. The van der Waals surface area contributed by atoms with E-state index in [-0.39, 0.29) is 12.5 Å². The number of methoxy groups -OCH3 is 1. The molecule has 0 aliphatic heterocycles. The number of likely N-dealkylation sites (N-methyl/N-ethyl adjacent to an activating group) is 1. The van der Waals surface area contributed by atoms with Gasteiger partial charge in [-0.05, 0) is 44.7 Å². The number of hydrogen-bond acceptors (Lipinski definition) is 5. The Labute approximate surface area is 143 Å². The number of carbonyl (C=O) groups is 3. The fraction of sp³-hybridized carbons (Fsp3) is 0.400. The van der Waals surface area contributed by atoms with Gasteiger partial charge in [-0.3, -0.25) is 19.8 Å². The van der Waals surface area contributed by atoms with Crippen molar-refractivity contribution in [3.05, 3.63) is 28.2 Å². The van der Waals surface area contributed by atoms with Gasteiger partial charge in [0.15, 0.2) is 0 Å². The highest BCUT2D eigenvalue weighted by atomic mass is 79.9. The van der Waals surface area contributed by atoms with Crippen molar-refractivity contribution in [2.24, 2.45) is 0 Å². The van der Waals surface area contributed by atoms with E-state index in [4.69, 9.17) is 0 Å². The molecule has 0 unspecified atom stereocenters. The van der Waals surface area contributed by atoms with Gasteiger partial charge in [-0.15, -0.1) is 0 Å². The van der Waals surface area contributed by atoms with E-state index in [0.717, 1.165) is 10.0 Å². The number of rotatable bonds is 5. The summed E-state index contributed by atoms with van der Waals surface area (Å²) >= 11 is 3.36. The lowest BCUT2D eigenvalue weighted by Gasteiger charge is -2.22. The van der Waals surface area contributed by atoms with Crippen LogP contribution in [0.3, 0.4) is 0 Å². The molecule has 1 atom stereocenters. The van der Waals surface area contributed by atoms with E-state index < -0.39 is 18.0 Å². The average molecular weight is 386 g/mol. The fourth-order valence-corrected chi connectivity index (χ4v) is 2.25. The van der Waals surface area contributed by atoms with Crippen molar-refractivity contribution in [3.63, 3.8) is 0 Å². The van der Waals surface area contributed by atoms with Crippen molar-refractivity contribution in [1.29, 1.82) is 0 Å². The van der Waals surface area contributed by atoms with Crippen molar-refractivity contribution < 1.29 is 19.1 Å². The molecule has 0 spiro atoms. The second kappa shape index (κ2) is 8.64. The molecule has 0 aliphatic carbocycles. The first kappa shape index (κ1) is 19.1. The Balaban J connectivity index is 2.58. The van der Waals surface area contributed by atoms with Crippen LogP contribution in [0.2, 0.25) is 0 Å². The molecular weight excluding hydrogens is 366 g/mol. The second-order valence-electron chi connectivity index (χ2n) is 5.08. The zero-order valence-corrected chi connectivity index (χ0v) is 15.1. The summed E-state index contributed by atoms with van der Waals surface area (Å²) in [5.41, 5.74) is 1.63. The lowest BCUT2D eigenvalue weighted by atomic mass is 10.2. The average Bonchev–Trinajstić information content (AvgIpc) is 2.48. The number of benzene rings is 1. The van der Waals surface area contributed by atoms with Crippen molar-refractivity contribution in [1.82, 2.24) is 10.2 Å². The Morgan fingerprint density at radius 2 is 2.00 bits per heavy atom. The number of hydrogen-bond donors (Lipinski definition) is 2. The Morgan fingerprint density at radius 3 is 2.57 bits per heavy atom. The summed E-state index contributed by atoms with van der Waals surface area (Å²) in [5, 5.41) is 4.86. The van der Waals surface area contributed by atoms with Gasteiger partial charge in [-0.25, -0.2) is 4.79 Å². The van der Waals surface area contributed by atoms with Crippen LogP contribution in [0.25, 0.3) is 0 Å². The number of nitrogens with zero attached hydrogens (tertiary/aromatic N) is 1. The third kappa shape index (κ3) is 5.99. The summed E-state index contributed by atoms with van der Waals surface area (Å²) in [6.07, 6.45) is -0.829. The molecule has 7 nitrogen and oxygen atoms in total. The second-order valence-corrected chi connectivity index (χ2v) is 6.00. The van der Waals surface area contributed by atoms with Crippen LogP contribution in [0.15, 0.2) is 22.7 Å². The normalized spacial score (nSPS) is 11.7. The summed E-state index contributed by atoms with van der Waals surface area (Å²) in [7, 11) is 2.79. The number of nitrogens with one attached hydrogen (secondary N) is 2. The van der Waals surface area contributed by atoms with Crippen molar-refractivity contribution in [2.45, 2.75) is 19.9 Å². The summed E-state index contributed by atoms with van der Waals surface area (Å²) in [6.45, 7) is 3.48. The third-order valence-corrected chi connectivity index (χ3v) is 3.80. The summed E-state index contributed by atoms with van der Waals surface area (Å²) in [6, 6.07) is 4.86. The minimum Gasteiger partial charge on any atom is -0.453 e. The Morgan fingerprint density at radius 1 is 1.35 bits per heavy atom. The molecule has 2 N–H and O–H groups in total. The Bertz CT molecular complexity index is 606. The maximum Gasteiger partial charge on any atom is 0.413 e. The van der Waals surface area contributed by atoms with E-state index in [1.165, 1.54) is 12.0 Å². The van der Waals surface area contributed by atoms with E-state index in [1.807, 2.05) is 19.1 Å². The first-order valence-corrected chi connectivity index (χ1v) is 7.69. The van der Waals surface area contributed by atoms with Crippen LogP contribution in [-0.4, -0.2) is 49.6 Å². The quantitative estimate of drug-likeness (QED) is 0.807. The van der Waals surface area contributed by atoms with Gasteiger partial charge in [0.25, 0.3) is 0 Å². The highest BCUT2D eigenvalue weighted by Crippen LogP contribution is 2.19. The molecular formula is C15H20BrN3O4. The summed E-state index contributed by atoms with van der Waals surface area (Å²) in [5.74, 6) is -0.789. The molecule has 0 saturated carbocycles. The highest BCUT2D eigenvalue weighted by molar-refractivity contribution is 9.10.